The Morgan fingerprint density at radius 2 is 1.36 bits per heavy atom. The quantitative estimate of drug-likeness (QED) is 0.260. The molecule has 1 atom stereocenters. The standard InChI is InChI=1S/C32H34N2O7.ClH/c1-21(2)39-32(38)26(34-29(35)23-15-17-33-18-16-23)19-22-13-14-27(40-30(36)24-9-5-3-6-10-24)28(20-22)41-31(37)25-11-7-4-8-12-25;/h3-14,20-21,23,26,33H,15-19H2,1-2H3,(H,34,35);1H/t26-;/m0./s1. The fourth-order valence-electron chi connectivity index (χ4n) is 4.43. The molecule has 0 aliphatic carbocycles. The van der Waals surface area contributed by atoms with Crippen LogP contribution in [0, 0.1) is 5.92 Å². The first-order valence-corrected chi connectivity index (χ1v) is 13.7. The highest BCUT2D eigenvalue weighted by molar-refractivity contribution is 5.93. The van der Waals surface area contributed by atoms with Crippen molar-refractivity contribution in [1.29, 1.82) is 0 Å². The average Bonchev–Trinajstić information content (AvgIpc) is 2.99. The van der Waals surface area contributed by atoms with Gasteiger partial charge in [-0.1, -0.05) is 42.5 Å². The zero-order valence-corrected chi connectivity index (χ0v) is 24.4. The molecule has 2 N–H and O–H groups in total. The molecular formula is C32H35ClN2O7. The van der Waals surface area contributed by atoms with E-state index in [-0.39, 0.29) is 48.3 Å². The molecular weight excluding hydrogens is 560 g/mol. The van der Waals surface area contributed by atoms with E-state index in [9.17, 15) is 19.2 Å². The molecule has 4 rings (SSSR count). The molecule has 1 saturated heterocycles. The Hall–Kier alpha value is -4.21. The first kappa shape index (κ1) is 32.3. The predicted octanol–water partition coefficient (Wildman–Crippen LogP) is 4.53. The number of carbonyl (C=O) groups is 4. The highest BCUT2D eigenvalue weighted by Gasteiger charge is 2.29. The van der Waals surface area contributed by atoms with Crippen LogP contribution in [0.2, 0.25) is 0 Å². The van der Waals surface area contributed by atoms with Gasteiger partial charge in [-0.15, -0.1) is 12.4 Å². The highest BCUT2D eigenvalue weighted by Crippen LogP contribution is 2.31. The molecule has 1 fully saturated rings. The lowest BCUT2D eigenvalue weighted by Crippen LogP contribution is -2.48. The van der Waals surface area contributed by atoms with E-state index in [0.29, 0.717) is 29.5 Å². The molecule has 0 saturated carbocycles. The molecule has 10 heteroatoms. The highest BCUT2D eigenvalue weighted by atomic mass is 35.5. The van der Waals surface area contributed by atoms with E-state index in [1.165, 1.54) is 12.1 Å². The number of nitrogens with one attached hydrogen (secondary N) is 2. The number of hydrogen-bond acceptors (Lipinski definition) is 8. The predicted molar refractivity (Wildman–Crippen MR) is 159 cm³/mol. The Labute approximate surface area is 251 Å². The number of ether oxygens (including phenoxy) is 3. The van der Waals surface area contributed by atoms with Gasteiger partial charge in [0.1, 0.15) is 6.04 Å². The molecule has 1 heterocycles. The summed E-state index contributed by atoms with van der Waals surface area (Å²) in [7, 11) is 0. The first-order chi connectivity index (χ1) is 19.8. The van der Waals surface area contributed by atoms with Crippen LogP contribution in [0.3, 0.4) is 0 Å². The molecule has 0 aromatic heterocycles. The van der Waals surface area contributed by atoms with Gasteiger partial charge in [-0.3, -0.25) is 4.79 Å². The number of esters is 3. The summed E-state index contributed by atoms with van der Waals surface area (Å²) >= 11 is 0. The van der Waals surface area contributed by atoms with Crippen LogP contribution >= 0.6 is 12.4 Å². The minimum atomic E-state index is -0.963. The van der Waals surface area contributed by atoms with Crippen LogP contribution in [0.25, 0.3) is 0 Å². The molecule has 9 nitrogen and oxygen atoms in total. The molecule has 0 radical (unpaired) electrons. The number of benzene rings is 3. The molecule has 0 bridgehead atoms. The molecule has 42 heavy (non-hydrogen) atoms. The van der Waals surface area contributed by atoms with Crippen molar-refractivity contribution in [1.82, 2.24) is 10.6 Å². The fraction of sp³-hybridized carbons (Fsp3) is 0.312. The van der Waals surface area contributed by atoms with E-state index >= 15 is 0 Å². The molecule has 1 aliphatic rings. The third kappa shape index (κ3) is 9.15. The van der Waals surface area contributed by atoms with Crippen molar-refractivity contribution in [3.8, 4) is 11.5 Å². The van der Waals surface area contributed by atoms with Crippen LogP contribution in [-0.4, -0.2) is 49.1 Å². The van der Waals surface area contributed by atoms with Crippen LogP contribution in [0.1, 0.15) is 53.0 Å². The van der Waals surface area contributed by atoms with E-state index in [2.05, 4.69) is 10.6 Å². The zero-order chi connectivity index (χ0) is 29.2. The summed E-state index contributed by atoms with van der Waals surface area (Å²) in [6.07, 6.45) is 1.06. The summed E-state index contributed by atoms with van der Waals surface area (Å²) in [5.74, 6) is -2.20. The van der Waals surface area contributed by atoms with Gasteiger partial charge in [-0.25, -0.2) is 14.4 Å². The van der Waals surface area contributed by atoms with Crippen molar-refractivity contribution in [2.45, 2.75) is 45.3 Å². The summed E-state index contributed by atoms with van der Waals surface area (Å²) in [6, 6.07) is 20.6. The second kappa shape index (κ2) is 15.7. The van der Waals surface area contributed by atoms with Gasteiger partial charge < -0.3 is 24.8 Å². The number of halogens is 1. The van der Waals surface area contributed by atoms with Gasteiger partial charge >= 0.3 is 17.9 Å². The summed E-state index contributed by atoms with van der Waals surface area (Å²) in [4.78, 5) is 51.7. The number of piperidine rings is 1. The number of carbonyl (C=O) groups excluding carboxylic acids is 4. The van der Waals surface area contributed by atoms with Crippen molar-refractivity contribution in [2.75, 3.05) is 13.1 Å². The number of rotatable bonds is 10. The SMILES string of the molecule is CC(C)OC(=O)[C@H](Cc1ccc(OC(=O)c2ccccc2)c(OC(=O)c2ccccc2)c1)NC(=O)C1CCNCC1.Cl. The summed E-state index contributed by atoms with van der Waals surface area (Å²) in [5, 5.41) is 6.09. The Balaban J connectivity index is 0.00000484. The maximum Gasteiger partial charge on any atom is 0.343 e. The number of amides is 1. The summed E-state index contributed by atoms with van der Waals surface area (Å²) in [6.45, 7) is 4.94. The van der Waals surface area contributed by atoms with Gasteiger partial charge in [0.2, 0.25) is 5.91 Å². The van der Waals surface area contributed by atoms with Gasteiger partial charge in [0, 0.05) is 12.3 Å². The van der Waals surface area contributed by atoms with Crippen molar-refractivity contribution in [2.24, 2.45) is 5.92 Å². The Bertz CT molecular complexity index is 1360. The zero-order valence-electron chi connectivity index (χ0n) is 23.5. The lowest BCUT2D eigenvalue weighted by Gasteiger charge is -2.25. The smallest absolute Gasteiger partial charge is 0.343 e. The summed E-state index contributed by atoms with van der Waals surface area (Å²) < 4.78 is 16.7. The maximum atomic E-state index is 13.0. The monoisotopic (exact) mass is 594 g/mol. The Morgan fingerprint density at radius 3 is 1.90 bits per heavy atom. The minimum Gasteiger partial charge on any atom is -0.461 e. The average molecular weight is 595 g/mol. The van der Waals surface area contributed by atoms with Gasteiger partial charge in [-0.2, -0.15) is 0 Å². The van der Waals surface area contributed by atoms with E-state index in [1.807, 2.05) is 0 Å². The van der Waals surface area contributed by atoms with Crippen LogP contribution in [0.15, 0.2) is 78.9 Å². The van der Waals surface area contributed by atoms with E-state index in [1.54, 1.807) is 80.6 Å². The second-order valence-corrected chi connectivity index (χ2v) is 10.1. The topological polar surface area (TPSA) is 120 Å². The van der Waals surface area contributed by atoms with Crippen LogP contribution in [-0.2, 0) is 20.7 Å². The minimum absolute atomic E-state index is 0. The number of hydrogen-bond donors (Lipinski definition) is 2. The Morgan fingerprint density at radius 1 is 0.810 bits per heavy atom. The molecule has 1 aliphatic heterocycles. The van der Waals surface area contributed by atoms with Gasteiger partial charge in [-0.05, 0) is 81.7 Å². The van der Waals surface area contributed by atoms with Gasteiger partial charge in [0.15, 0.2) is 11.5 Å². The van der Waals surface area contributed by atoms with Crippen molar-refractivity contribution in [3.05, 3.63) is 95.6 Å². The lowest BCUT2D eigenvalue weighted by molar-refractivity contribution is -0.151. The van der Waals surface area contributed by atoms with Crippen LogP contribution in [0.4, 0.5) is 0 Å². The van der Waals surface area contributed by atoms with Crippen LogP contribution < -0.4 is 20.1 Å². The molecule has 1 amide bonds. The van der Waals surface area contributed by atoms with E-state index in [4.69, 9.17) is 14.2 Å². The van der Waals surface area contributed by atoms with Gasteiger partial charge in [0.05, 0.1) is 17.2 Å². The molecule has 3 aromatic rings. The van der Waals surface area contributed by atoms with E-state index < -0.39 is 23.9 Å². The van der Waals surface area contributed by atoms with Crippen molar-refractivity contribution in [3.63, 3.8) is 0 Å². The second-order valence-electron chi connectivity index (χ2n) is 10.1. The fourth-order valence-corrected chi connectivity index (χ4v) is 4.43. The normalized spacial score (nSPS) is 13.8. The third-order valence-corrected chi connectivity index (χ3v) is 6.54. The maximum absolute atomic E-state index is 13.0. The van der Waals surface area contributed by atoms with Gasteiger partial charge in [0.25, 0.3) is 0 Å². The lowest BCUT2D eigenvalue weighted by atomic mass is 9.96. The van der Waals surface area contributed by atoms with Crippen molar-refractivity contribution >= 4 is 36.2 Å². The molecule has 3 aromatic carbocycles. The Kier molecular flexibility index (Phi) is 12.1. The largest absolute Gasteiger partial charge is 0.461 e. The molecule has 0 spiro atoms. The van der Waals surface area contributed by atoms with Crippen molar-refractivity contribution < 1.29 is 33.4 Å². The van der Waals surface area contributed by atoms with E-state index in [0.717, 1.165) is 13.1 Å². The molecule has 0 unspecified atom stereocenters. The van der Waals surface area contributed by atoms with Crippen LogP contribution in [0.5, 0.6) is 11.5 Å². The first-order valence-electron chi connectivity index (χ1n) is 13.7. The summed E-state index contributed by atoms with van der Waals surface area (Å²) in [5.41, 5.74) is 1.21. The third-order valence-electron chi connectivity index (χ3n) is 6.54. The molecule has 222 valence electrons.